The fourth-order valence-corrected chi connectivity index (χ4v) is 1.60. The molecule has 22 heavy (non-hydrogen) atoms. The van der Waals surface area contributed by atoms with Crippen LogP contribution in [0.2, 0.25) is 0 Å². The van der Waals surface area contributed by atoms with Crippen LogP contribution in [-0.2, 0) is 0 Å². The zero-order valence-electron chi connectivity index (χ0n) is 10.6. The second kappa shape index (κ2) is 6.29. The van der Waals surface area contributed by atoms with E-state index in [-0.39, 0.29) is 5.75 Å². The van der Waals surface area contributed by atoms with Crippen molar-refractivity contribution in [2.24, 2.45) is 0 Å². The second-order valence-corrected chi connectivity index (χ2v) is 3.92. The maximum Gasteiger partial charge on any atom is 0.387 e. The van der Waals surface area contributed by atoms with Crippen molar-refractivity contribution in [2.75, 3.05) is 0 Å². The molecule has 2 rings (SSSR count). The molecule has 116 valence electrons. The predicted octanol–water partition coefficient (Wildman–Crippen LogP) is 4.27. The summed E-state index contributed by atoms with van der Waals surface area (Å²) in [6.07, 6.45) is 0. The first-order valence-electron chi connectivity index (χ1n) is 5.73. The van der Waals surface area contributed by atoms with Crippen LogP contribution >= 0.6 is 0 Å². The summed E-state index contributed by atoms with van der Waals surface area (Å²) in [6, 6.07) is 5.55. The molecular formula is C13H7F4NO4. The van der Waals surface area contributed by atoms with Gasteiger partial charge in [0.1, 0.15) is 5.75 Å². The predicted molar refractivity (Wildman–Crippen MR) is 66.2 cm³/mol. The van der Waals surface area contributed by atoms with Crippen molar-refractivity contribution in [3.05, 3.63) is 58.1 Å². The number of nitrogens with zero attached hydrogens (tertiary/aromatic N) is 1. The summed E-state index contributed by atoms with van der Waals surface area (Å²) in [5, 5.41) is 10.7. The highest BCUT2D eigenvalue weighted by molar-refractivity contribution is 5.51. The first kappa shape index (κ1) is 15.5. The first-order valence-corrected chi connectivity index (χ1v) is 5.73. The van der Waals surface area contributed by atoms with Gasteiger partial charge in [-0.3, -0.25) is 10.1 Å². The SMILES string of the molecule is O=[N+]([O-])c1ccc(Oc2c(F)cccc2F)cc1OC(F)F. The summed E-state index contributed by atoms with van der Waals surface area (Å²) < 4.78 is 60.3. The summed E-state index contributed by atoms with van der Waals surface area (Å²) >= 11 is 0. The molecule has 9 heteroatoms. The Kier molecular flexibility index (Phi) is 4.44. The smallest absolute Gasteiger partial charge is 0.387 e. The highest BCUT2D eigenvalue weighted by Gasteiger charge is 2.20. The van der Waals surface area contributed by atoms with Crippen molar-refractivity contribution in [3.63, 3.8) is 0 Å². The summed E-state index contributed by atoms with van der Waals surface area (Å²) in [4.78, 5) is 9.76. The average Bonchev–Trinajstić information content (AvgIpc) is 2.42. The maximum atomic E-state index is 13.4. The zero-order chi connectivity index (χ0) is 16.3. The molecule has 0 aliphatic heterocycles. The van der Waals surface area contributed by atoms with Crippen LogP contribution < -0.4 is 9.47 Å². The van der Waals surface area contributed by atoms with Crippen LogP contribution in [0, 0.1) is 21.7 Å². The number of hydrogen-bond acceptors (Lipinski definition) is 4. The molecule has 0 aliphatic rings. The Hall–Kier alpha value is -2.84. The lowest BCUT2D eigenvalue weighted by Gasteiger charge is -2.10. The van der Waals surface area contributed by atoms with Crippen LogP contribution in [0.5, 0.6) is 17.2 Å². The van der Waals surface area contributed by atoms with Crippen molar-refractivity contribution < 1.29 is 32.0 Å². The fourth-order valence-electron chi connectivity index (χ4n) is 1.60. The zero-order valence-corrected chi connectivity index (χ0v) is 10.6. The quantitative estimate of drug-likeness (QED) is 0.469. The number of para-hydroxylation sites is 1. The Morgan fingerprint density at radius 1 is 1.09 bits per heavy atom. The van der Waals surface area contributed by atoms with Crippen LogP contribution in [-0.4, -0.2) is 11.5 Å². The number of nitro groups is 1. The summed E-state index contributed by atoms with van der Waals surface area (Å²) in [6.45, 7) is -3.31. The molecule has 0 atom stereocenters. The van der Waals surface area contributed by atoms with Gasteiger partial charge in [-0.15, -0.1) is 0 Å². The van der Waals surface area contributed by atoms with Crippen molar-refractivity contribution in [1.82, 2.24) is 0 Å². The Morgan fingerprint density at radius 2 is 1.73 bits per heavy atom. The third-order valence-electron chi connectivity index (χ3n) is 2.48. The third kappa shape index (κ3) is 3.43. The number of halogens is 4. The lowest BCUT2D eigenvalue weighted by atomic mass is 10.2. The van der Waals surface area contributed by atoms with Crippen LogP contribution in [0.3, 0.4) is 0 Å². The first-order chi connectivity index (χ1) is 10.4. The van der Waals surface area contributed by atoms with E-state index < -0.39 is 40.4 Å². The van der Waals surface area contributed by atoms with E-state index in [0.717, 1.165) is 36.4 Å². The molecule has 0 heterocycles. The number of benzene rings is 2. The van der Waals surface area contributed by atoms with Gasteiger partial charge in [0, 0.05) is 12.1 Å². The third-order valence-corrected chi connectivity index (χ3v) is 2.48. The second-order valence-electron chi connectivity index (χ2n) is 3.92. The molecule has 0 amide bonds. The maximum absolute atomic E-state index is 13.4. The standard InChI is InChI=1S/C13H7F4NO4/c14-8-2-1-3-9(15)12(8)21-7-4-5-10(18(19)20)11(6-7)22-13(16)17/h1-6,13H. The minimum absolute atomic E-state index is 0.301. The van der Waals surface area contributed by atoms with E-state index in [2.05, 4.69) is 4.74 Å². The number of hydrogen-bond donors (Lipinski definition) is 0. The molecule has 0 aliphatic carbocycles. The molecular weight excluding hydrogens is 310 g/mol. The van der Waals surface area contributed by atoms with E-state index in [0.29, 0.717) is 0 Å². The molecule has 0 radical (unpaired) electrons. The van der Waals surface area contributed by atoms with Gasteiger partial charge in [0.05, 0.1) is 4.92 Å². The largest absolute Gasteiger partial charge is 0.451 e. The van der Waals surface area contributed by atoms with Crippen LogP contribution in [0.25, 0.3) is 0 Å². The Labute approximate surface area is 120 Å². The monoisotopic (exact) mass is 317 g/mol. The van der Waals surface area contributed by atoms with Gasteiger partial charge in [-0.05, 0) is 18.2 Å². The summed E-state index contributed by atoms with van der Waals surface area (Å²) in [7, 11) is 0. The number of ether oxygens (including phenoxy) is 2. The molecule has 0 N–H and O–H groups in total. The van der Waals surface area contributed by atoms with Gasteiger partial charge < -0.3 is 9.47 Å². The summed E-state index contributed by atoms with van der Waals surface area (Å²) in [5.41, 5.74) is -0.735. The summed E-state index contributed by atoms with van der Waals surface area (Å²) in [5.74, 6) is -3.89. The Morgan fingerprint density at radius 3 is 2.27 bits per heavy atom. The van der Waals surface area contributed by atoms with E-state index in [1.54, 1.807) is 0 Å². The van der Waals surface area contributed by atoms with E-state index >= 15 is 0 Å². The van der Waals surface area contributed by atoms with Gasteiger partial charge in [-0.1, -0.05) is 6.07 Å². The van der Waals surface area contributed by atoms with E-state index in [4.69, 9.17) is 4.74 Å². The van der Waals surface area contributed by atoms with E-state index in [1.807, 2.05) is 0 Å². The van der Waals surface area contributed by atoms with Gasteiger partial charge in [0.15, 0.2) is 17.4 Å². The van der Waals surface area contributed by atoms with Crippen molar-refractivity contribution in [3.8, 4) is 17.2 Å². The molecule has 2 aromatic carbocycles. The Bertz CT molecular complexity index is 688. The topological polar surface area (TPSA) is 61.6 Å². The lowest BCUT2D eigenvalue weighted by molar-refractivity contribution is -0.386. The normalized spacial score (nSPS) is 10.6. The van der Waals surface area contributed by atoms with E-state index in [9.17, 15) is 27.7 Å². The van der Waals surface area contributed by atoms with E-state index in [1.165, 1.54) is 0 Å². The number of nitro benzene ring substituents is 1. The van der Waals surface area contributed by atoms with Crippen LogP contribution in [0.4, 0.5) is 23.2 Å². The van der Waals surface area contributed by atoms with Crippen LogP contribution in [0.15, 0.2) is 36.4 Å². The van der Waals surface area contributed by atoms with Crippen molar-refractivity contribution in [2.45, 2.75) is 6.61 Å². The minimum atomic E-state index is -3.31. The van der Waals surface area contributed by atoms with Crippen molar-refractivity contribution >= 4 is 5.69 Å². The van der Waals surface area contributed by atoms with Crippen molar-refractivity contribution in [1.29, 1.82) is 0 Å². The highest BCUT2D eigenvalue weighted by Crippen LogP contribution is 2.35. The van der Waals surface area contributed by atoms with Gasteiger partial charge in [-0.2, -0.15) is 8.78 Å². The molecule has 0 saturated heterocycles. The Balaban J connectivity index is 2.38. The molecule has 2 aromatic rings. The number of rotatable bonds is 5. The van der Waals surface area contributed by atoms with Gasteiger partial charge in [-0.25, -0.2) is 8.78 Å². The molecule has 0 saturated carbocycles. The fraction of sp³-hybridized carbons (Fsp3) is 0.0769. The molecule has 0 aromatic heterocycles. The average molecular weight is 317 g/mol. The van der Waals surface area contributed by atoms with Gasteiger partial charge >= 0.3 is 12.3 Å². The molecule has 0 bridgehead atoms. The van der Waals surface area contributed by atoms with Gasteiger partial charge in [0.25, 0.3) is 0 Å². The highest BCUT2D eigenvalue weighted by atomic mass is 19.3. The number of alkyl halides is 2. The van der Waals surface area contributed by atoms with Gasteiger partial charge in [0.2, 0.25) is 5.75 Å². The molecule has 0 fully saturated rings. The molecule has 0 unspecified atom stereocenters. The van der Waals surface area contributed by atoms with Crippen LogP contribution in [0.1, 0.15) is 0 Å². The minimum Gasteiger partial charge on any atom is -0.451 e. The molecule has 0 spiro atoms. The lowest BCUT2D eigenvalue weighted by Crippen LogP contribution is -2.04. The molecule has 5 nitrogen and oxygen atoms in total.